The van der Waals surface area contributed by atoms with Gasteiger partial charge < -0.3 is 119 Å². The molecule has 0 radical (unpaired) electrons. The molecule has 0 fully saturated rings. The summed E-state index contributed by atoms with van der Waals surface area (Å²) in [4.78, 5) is 8.30. The van der Waals surface area contributed by atoms with E-state index in [1.165, 1.54) is 0 Å². The van der Waals surface area contributed by atoms with Gasteiger partial charge in [0.2, 0.25) is 0 Å². The van der Waals surface area contributed by atoms with Crippen molar-refractivity contribution in [2.45, 2.75) is 107 Å². The molecule has 0 aliphatic heterocycles. The van der Waals surface area contributed by atoms with Crippen LogP contribution in [-0.4, -0.2) is 89.2 Å². The van der Waals surface area contributed by atoms with E-state index in [9.17, 15) is 0 Å². The molecule has 252 valence electrons. The minimum atomic E-state index is 0. The molecule has 42 heavy (non-hydrogen) atoms. The molecule has 0 unspecified atom stereocenters. The van der Waals surface area contributed by atoms with E-state index in [-0.39, 0.29) is 34.1 Å². The predicted molar refractivity (Wildman–Crippen MR) is 208 cm³/mol. The molecule has 0 saturated heterocycles. The molecule has 0 amide bonds. The van der Waals surface area contributed by atoms with Gasteiger partial charge in [0.15, 0.2) is 0 Å². The summed E-state index contributed by atoms with van der Waals surface area (Å²) in [5.74, 6) is 0. The maximum Gasteiger partial charge on any atom is 2.00 e. The van der Waals surface area contributed by atoms with Gasteiger partial charge in [-0.3, -0.25) is 0 Å². The molecule has 0 rings (SSSR count). The van der Waals surface area contributed by atoms with E-state index in [0.29, 0.717) is 17.3 Å². The second-order valence-electron chi connectivity index (χ2n) is 9.01. The third-order valence-electron chi connectivity index (χ3n) is 4.98. The molecule has 0 saturated carbocycles. The largest absolute Gasteiger partial charge is 2.00 e. The quantitative estimate of drug-likeness (QED) is 0.0860. The maximum absolute atomic E-state index is 4.89. The fourth-order valence-corrected chi connectivity index (χ4v) is 4.80. The zero-order valence-corrected chi connectivity index (χ0v) is 35.8. The molecule has 0 spiro atoms. The Morgan fingerprint density at radius 2 is 0.429 bits per heavy atom. The summed E-state index contributed by atoms with van der Waals surface area (Å²) in [5, 5.41) is 0. The molecule has 0 N–H and O–H groups in total. The molecule has 0 aromatic rings. The minimum Gasteiger partial charge on any atom is -0.411 e. The molecular weight excluding hydrogens is 761 g/mol. The molecule has 0 heterocycles. The summed E-state index contributed by atoms with van der Waals surface area (Å²) >= 11 is 39.1. The topological polar surface area (TPSA) is 13.0 Å². The molecule has 0 aromatic carbocycles. The summed E-state index contributed by atoms with van der Waals surface area (Å²) < 4.78 is 2.46. The summed E-state index contributed by atoms with van der Waals surface area (Å²) in [6, 6.07) is 0. The van der Waals surface area contributed by atoms with Crippen molar-refractivity contribution >= 4 is 117 Å². The Hall–Kier alpha value is 1.48. The van der Waals surface area contributed by atoms with Crippen LogP contribution in [0.4, 0.5) is 0 Å². The first-order chi connectivity index (χ1) is 18.9. The average molecular weight is 817 g/mol. The SMILES string of the molecule is CCCN(CCC)C(=S)[S-].CCCN(CCC)C(=S)[S-].CCCN(CCC)C(=S)[S-].CCCN(CCC)C(=S)[S-].[Fe+2].[Fe+2]. The molecule has 0 aliphatic rings. The number of hydrogen-bond acceptors (Lipinski definition) is 8. The van der Waals surface area contributed by atoms with Crippen molar-refractivity contribution in [1.29, 1.82) is 0 Å². The van der Waals surface area contributed by atoms with Crippen LogP contribution < -0.4 is 0 Å². The Labute approximate surface area is 326 Å². The van der Waals surface area contributed by atoms with Crippen LogP contribution in [0.3, 0.4) is 0 Å². The van der Waals surface area contributed by atoms with Crippen LogP contribution in [0.15, 0.2) is 0 Å². The third-order valence-corrected chi connectivity index (χ3v) is 7.05. The predicted octanol–water partition coefficient (Wildman–Crippen LogP) is 7.76. The standard InChI is InChI=1S/4C7H15NS2.2Fe/c4*1-3-5-8(6-4-2)7(9)10;;/h4*3-6H2,1-2H3,(H,9,10);;/q;;;;2*+2/p-4. The van der Waals surface area contributed by atoms with Gasteiger partial charge in [0, 0.05) is 52.4 Å². The maximum atomic E-state index is 4.89. The Bertz CT molecular complexity index is 507. The zero-order valence-electron chi connectivity index (χ0n) is 27.1. The average Bonchev–Trinajstić information content (AvgIpc) is 2.89. The van der Waals surface area contributed by atoms with Gasteiger partial charge in [0.25, 0.3) is 0 Å². The molecule has 0 bridgehead atoms. The summed E-state index contributed by atoms with van der Waals surface area (Å²) in [6.07, 6.45) is 8.97. The molecule has 0 atom stereocenters. The van der Waals surface area contributed by atoms with E-state index in [4.69, 9.17) is 99.4 Å². The van der Waals surface area contributed by atoms with E-state index in [0.717, 1.165) is 104 Å². The Balaban J connectivity index is -0.000000101. The number of rotatable bonds is 16. The van der Waals surface area contributed by atoms with Crippen LogP contribution in [0.2, 0.25) is 0 Å². The molecule has 0 aliphatic carbocycles. The molecule has 0 aromatic heterocycles. The monoisotopic (exact) mass is 816 g/mol. The third kappa shape index (κ3) is 39.5. The Morgan fingerprint density at radius 3 is 0.476 bits per heavy atom. The Kier molecular flexibility index (Phi) is 56.5. The van der Waals surface area contributed by atoms with Crippen LogP contribution >= 0.6 is 48.9 Å². The van der Waals surface area contributed by atoms with Gasteiger partial charge in [-0.25, -0.2) is 0 Å². The van der Waals surface area contributed by atoms with Crippen LogP contribution in [0.25, 0.3) is 0 Å². The van der Waals surface area contributed by atoms with Crippen LogP contribution in [-0.2, 0) is 84.7 Å². The van der Waals surface area contributed by atoms with E-state index >= 15 is 0 Å². The van der Waals surface area contributed by atoms with Crippen LogP contribution in [0.5, 0.6) is 0 Å². The summed E-state index contributed by atoms with van der Waals surface area (Å²) in [7, 11) is 0. The van der Waals surface area contributed by atoms with Crippen molar-refractivity contribution < 1.29 is 34.1 Å². The second-order valence-corrected chi connectivity index (χ2v) is 13.1. The van der Waals surface area contributed by atoms with Gasteiger partial charge in [-0.05, 0) is 51.4 Å². The van der Waals surface area contributed by atoms with Crippen molar-refractivity contribution in [3.05, 3.63) is 0 Å². The van der Waals surface area contributed by atoms with Crippen molar-refractivity contribution in [3.8, 4) is 0 Å². The molecular formula is C28H56Fe2N4S8. The van der Waals surface area contributed by atoms with E-state index in [2.05, 4.69) is 75.0 Å². The summed E-state index contributed by atoms with van der Waals surface area (Å²) in [5.41, 5.74) is 0. The molecule has 4 nitrogen and oxygen atoms in total. The fraction of sp³-hybridized carbons (Fsp3) is 0.857. The van der Waals surface area contributed by atoms with Gasteiger partial charge >= 0.3 is 34.1 Å². The van der Waals surface area contributed by atoms with E-state index in [1.54, 1.807) is 0 Å². The van der Waals surface area contributed by atoms with Gasteiger partial charge in [-0.2, -0.15) is 0 Å². The van der Waals surface area contributed by atoms with E-state index < -0.39 is 0 Å². The van der Waals surface area contributed by atoms with Crippen LogP contribution in [0, 0.1) is 0 Å². The Morgan fingerprint density at radius 1 is 0.333 bits per heavy atom. The van der Waals surface area contributed by atoms with Gasteiger partial charge in [0.05, 0.1) is 0 Å². The first-order valence-electron chi connectivity index (χ1n) is 14.7. The fourth-order valence-electron chi connectivity index (χ4n) is 3.34. The summed E-state index contributed by atoms with van der Waals surface area (Å²) in [6.45, 7) is 25.2. The number of hydrogen-bond donors (Lipinski definition) is 0. The minimum absolute atomic E-state index is 0. The first-order valence-corrected chi connectivity index (χ1v) is 18.0. The van der Waals surface area contributed by atoms with Crippen molar-refractivity contribution in [1.82, 2.24) is 19.6 Å². The smallest absolute Gasteiger partial charge is 0.411 e. The van der Waals surface area contributed by atoms with Gasteiger partial charge in [0.1, 0.15) is 0 Å². The second kappa shape index (κ2) is 42.5. The molecule has 14 heteroatoms. The van der Waals surface area contributed by atoms with E-state index in [1.807, 2.05) is 0 Å². The van der Waals surface area contributed by atoms with Crippen molar-refractivity contribution in [3.63, 3.8) is 0 Å². The first kappa shape index (κ1) is 55.9. The van der Waals surface area contributed by atoms with Crippen LogP contribution in [0.1, 0.15) is 107 Å². The van der Waals surface area contributed by atoms with Gasteiger partial charge in [-0.1, -0.05) is 72.7 Å². The van der Waals surface area contributed by atoms with Gasteiger partial charge in [-0.15, -0.1) is 0 Å². The van der Waals surface area contributed by atoms with Crippen molar-refractivity contribution in [2.75, 3.05) is 52.4 Å². The number of thiocarbonyl (C=S) groups is 4. The van der Waals surface area contributed by atoms with Crippen molar-refractivity contribution in [2.24, 2.45) is 0 Å². The zero-order chi connectivity index (χ0) is 31.9. The number of nitrogens with zero attached hydrogens (tertiary/aromatic N) is 4. The normalized spacial score (nSPS) is 8.95.